The van der Waals surface area contributed by atoms with Gasteiger partial charge >= 0.3 is 18.0 Å². The van der Waals surface area contributed by atoms with Crippen LogP contribution in [0.2, 0.25) is 0 Å². The van der Waals surface area contributed by atoms with Crippen molar-refractivity contribution >= 4 is 0 Å². The van der Waals surface area contributed by atoms with Crippen LogP contribution in [-0.2, 0) is 0 Å². The van der Waals surface area contributed by atoms with Crippen molar-refractivity contribution < 1.29 is 46.8 Å². The van der Waals surface area contributed by atoms with Gasteiger partial charge in [0.2, 0.25) is 0 Å². The Morgan fingerprint density at radius 2 is 1.59 bits per heavy atom. The average molecular weight is 595 g/mol. The molecule has 0 aromatic rings. The van der Waals surface area contributed by atoms with Crippen molar-refractivity contribution in [3.05, 3.63) is 23.3 Å². The highest BCUT2D eigenvalue weighted by Crippen LogP contribution is 2.60. The Bertz CT molecular complexity index is 1000. The Labute approximate surface area is 238 Å². The van der Waals surface area contributed by atoms with Crippen LogP contribution in [0, 0.1) is 35.0 Å². The molecule has 234 valence electrons. The highest BCUT2D eigenvalue weighted by molar-refractivity contribution is 5.27. The molecule has 0 aromatic heterocycles. The van der Waals surface area contributed by atoms with E-state index in [9.17, 15) is 46.8 Å². The van der Waals surface area contributed by atoms with Crippen LogP contribution >= 0.6 is 0 Å². The van der Waals surface area contributed by atoms with Gasteiger partial charge in [-0.1, -0.05) is 42.6 Å². The third kappa shape index (κ3) is 8.10. The molecule has 4 nitrogen and oxygen atoms in total. The summed E-state index contributed by atoms with van der Waals surface area (Å²) in [6.45, 7) is 5.46. The Morgan fingerprint density at radius 1 is 0.976 bits per heavy atom. The van der Waals surface area contributed by atoms with E-state index in [1.807, 2.05) is 6.08 Å². The van der Waals surface area contributed by atoms with Crippen LogP contribution in [0.15, 0.2) is 23.3 Å². The van der Waals surface area contributed by atoms with Gasteiger partial charge in [-0.2, -0.15) is 26.3 Å². The fourth-order valence-electron chi connectivity index (χ4n) is 7.44. The molecule has 4 N–H and O–H groups in total. The Kier molecular flexibility index (Phi) is 10.4. The van der Waals surface area contributed by atoms with Gasteiger partial charge in [0.25, 0.3) is 0 Å². The van der Waals surface area contributed by atoms with E-state index in [0.29, 0.717) is 38.5 Å². The minimum atomic E-state index is -5.99. The second-order valence-electron chi connectivity index (χ2n) is 13.3. The summed E-state index contributed by atoms with van der Waals surface area (Å²) < 4.78 is 79.2. The van der Waals surface area contributed by atoms with Crippen LogP contribution < -0.4 is 0 Å². The van der Waals surface area contributed by atoms with Gasteiger partial charge in [0, 0.05) is 6.42 Å². The second kappa shape index (κ2) is 12.6. The number of allylic oxidation sites excluding steroid dienone is 3. The van der Waals surface area contributed by atoms with E-state index in [1.54, 1.807) is 13.8 Å². The third-order valence-corrected chi connectivity index (χ3v) is 9.50. The summed E-state index contributed by atoms with van der Waals surface area (Å²) in [5, 5.41) is 39.7. The Hall–Kier alpha value is -1.54. The maximum atomic E-state index is 13.2. The molecule has 3 aliphatic carbocycles. The largest absolute Gasteiger partial charge is 0.438 e. The number of halogens is 6. The molecule has 3 rings (SSSR count). The zero-order valence-corrected chi connectivity index (χ0v) is 24.1. The predicted molar refractivity (Wildman–Crippen MR) is 143 cm³/mol. The SMILES string of the molecule is CC(C)(O)CCC[C@@H](CC#CC(O)(C(F)(F)F)C(F)(F)F)[C@H]1CCC2/C(=C/C=C3/CC(O)C[C@H](O)C3)CCC[C@@]21C. The number of hydrogen-bond acceptors (Lipinski definition) is 4. The van der Waals surface area contributed by atoms with E-state index in [1.165, 1.54) is 5.57 Å². The van der Waals surface area contributed by atoms with Gasteiger partial charge in [-0.15, -0.1) is 0 Å². The van der Waals surface area contributed by atoms with Gasteiger partial charge in [-0.3, -0.25) is 0 Å². The minimum Gasteiger partial charge on any atom is -0.393 e. The smallest absolute Gasteiger partial charge is 0.393 e. The number of fused-ring (bicyclic) bond motifs is 1. The molecule has 0 saturated heterocycles. The van der Waals surface area contributed by atoms with Gasteiger partial charge in [0.05, 0.1) is 17.8 Å². The van der Waals surface area contributed by atoms with Gasteiger partial charge in [-0.25, -0.2) is 0 Å². The van der Waals surface area contributed by atoms with Gasteiger partial charge in [0.15, 0.2) is 0 Å². The topological polar surface area (TPSA) is 80.9 Å². The first-order valence-corrected chi connectivity index (χ1v) is 14.6. The molecule has 10 heteroatoms. The van der Waals surface area contributed by atoms with Crippen molar-refractivity contribution in [3.63, 3.8) is 0 Å². The molecular weight excluding hydrogens is 550 g/mol. The van der Waals surface area contributed by atoms with E-state index >= 15 is 0 Å². The van der Waals surface area contributed by atoms with E-state index in [4.69, 9.17) is 0 Å². The summed E-state index contributed by atoms with van der Waals surface area (Å²) in [7, 11) is 0. The first kappa shape index (κ1) is 34.0. The quantitative estimate of drug-likeness (QED) is 0.194. The van der Waals surface area contributed by atoms with E-state index in [0.717, 1.165) is 43.6 Å². The van der Waals surface area contributed by atoms with Crippen molar-refractivity contribution in [2.45, 2.75) is 134 Å². The van der Waals surface area contributed by atoms with Crippen LogP contribution in [0.3, 0.4) is 0 Å². The highest BCUT2D eigenvalue weighted by atomic mass is 19.4. The van der Waals surface area contributed by atoms with E-state index < -0.39 is 35.8 Å². The normalized spacial score (nSPS) is 32.5. The summed E-state index contributed by atoms with van der Waals surface area (Å²) >= 11 is 0. The molecule has 0 bridgehead atoms. The van der Waals surface area contributed by atoms with Crippen molar-refractivity contribution in [2.24, 2.45) is 23.2 Å². The molecule has 41 heavy (non-hydrogen) atoms. The fourth-order valence-corrected chi connectivity index (χ4v) is 7.44. The molecule has 0 radical (unpaired) electrons. The molecule has 0 amide bonds. The fraction of sp³-hybridized carbons (Fsp3) is 0.806. The summed E-state index contributed by atoms with van der Waals surface area (Å²) in [6, 6.07) is 0. The number of aliphatic hydroxyl groups is 4. The molecule has 0 aliphatic heterocycles. The average Bonchev–Trinajstić information content (AvgIpc) is 3.16. The van der Waals surface area contributed by atoms with Gasteiger partial charge in [0.1, 0.15) is 0 Å². The third-order valence-electron chi connectivity index (χ3n) is 9.50. The van der Waals surface area contributed by atoms with Crippen LogP contribution in [-0.4, -0.2) is 56.2 Å². The summed E-state index contributed by atoms with van der Waals surface area (Å²) in [5.41, 5.74) is -4.05. The zero-order valence-electron chi connectivity index (χ0n) is 24.1. The van der Waals surface area contributed by atoms with Crippen LogP contribution in [0.5, 0.6) is 0 Å². The standard InChI is InChI=1S/C31H44F6O4/c1-27(2,40)14-4-7-21(9-6-16-29(41,30(32,33)34)31(35,36)37)25-12-13-26-22(8-5-15-28(25,26)3)11-10-20-17-23(38)19-24(39)18-20/h10-11,21,23-26,38-41H,4-5,7-9,12-15,17-19H2,1-3H3/b20-10-,22-11+/t21-,23?,24+,25+,26?,28+/m0/s1. The highest BCUT2D eigenvalue weighted by Gasteiger charge is 2.70. The molecule has 2 unspecified atom stereocenters. The van der Waals surface area contributed by atoms with Gasteiger partial charge in [-0.05, 0) is 107 Å². The first-order chi connectivity index (χ1) is 18.8. The molecule has 0 heterocycles. The number of rotatable bonds is 7. The lowest BCUT2D eigenvalue weighted by Gasteiger charge is -2.45. The van der Waals surface area contributed by atoms with Gasteiger partial charge < -0.3 is 20.4 Å². The maximum Gasteiger partial charge on any atom is 0.438 e. The minimum absolute atomic E-state index is 0.00292. The molecule has 6 atom stereocenters. The van der Waals surface area contributed by atoms with Crippen molar-refractivity contribution in [1.82, 2.24) is 0 Å². The molecule has 3 fully saturated rings. The lowest BCUT2D eigenvalue weighted by Crippen LogP contribution is -2.55. The predicted octanol–water partition coefficient (Wildman–Crippen LogP) is 6.77. The molecule has 0 aromatic carbocycles. The Balaban J connectivity index is 1.87. The zero-order chi connectivity index (χ0) is 30.9. The van der Waals surface area contributed by atoms with Crippen molar-refractivity contribution in [1.29, 1.82) is 0 Å². The van der Waals surface area contributed by atoms with Crippen LogP contribution in [0.1, 0.15) is 97.8 Å². The Morgan fingerprint density at radius 3 is 2.15 bits per heavy atom. The van der Waals surface area contributed by atoms with Crippen molar-refractivity contribution in [2.75, 3.05) is 0 Å². The van der Waals surface area contributed by atoms with Crippen LogP contribution in [0.4, 0.5) is 26.3 Å². The number of alkyl halides is 6. The molecule has 3 aliphatic rings. The number of aliphatic hydroxyl groups excluding tert-OH is 2. The second-order valence-corrected chi connectivity index (χ2v) is 13.3. The van der Waals surface area contributed by atoms with Crippen LogP contribution in [0.25, 0.3) is 0 Å². The lowest BCUT2D eigenvalue weighted by atomic mass is 9.60. The number of hydrogen-bond donors (Lipinski definition) is 4. The molecule has 0 spiro atoms. The monoisotopic (exact) mass is 594 g/mol. The summed E-state index contributed by atoms with van der Waals surface area (Å²) in [5.74, 6) is 3.13. The van der Waals surface area contributed by atoms with E-state index in [-0.39, 0.29) is 29.6 Å². The van der Waals surface area contributed by atoms with E-state index in [2.05, 4.69) is 18.9 Å². The summed E-state index contributed by atoms with van der Waals surface area (Å²) in [4.78, 5) is 0. The molecule has 3 saturated carbocycles. The maximum absolute atomic E-state index is 13.2. The lowest BCUT2D eigenvalue weighted by molar-refractivity contribution is -0.343. The molecular formula is C31H44F6O4. The summed E-state index contributed by atoms with van der Waals surface area (Å²) in [6.07, 6.45) is -2.19. The first-order valence-electron chi connectivity index (χ1n) is 14.6. The van der Waals surface area contributed by atoms with Crippen molar-refractivity contribution in [3.8, 4) is 11.8 Å².